The van der Waals surface area contributed by atoms with Gasteiger partial charge in [-0.05, 0) is 30.6 Å². The molecule has 7 atom stereocenters. The summed E-state index contributed by atoms with van der Waals surface area (Å²) in [6.45, 7) is 6.71. The molecule has 2 saturated carbocycles. The Morgan fingerprint density at radius 1 is 1.12 bits per heavy atom. The van der Waals surface area contributed by atoms with Crippen molar-refractivity contribution in [2.75, 3.05) is 7.11 Å². The number of Topliss-reactive ketones (excluding diaryl/α,β-unsaturated/α-hetero) is 1. The van der Waals surface area contributed by atoms with Gasteiger partial charge in [-0.3, -0.25) is 9.59 Å². The van der Waals surface area contributed by atoms with Gasteiger partial charge in [0.2, 0.25) is 6.29 Å². The molecule has 5 nitrogen and oxygen atoms in total. The number of carbonyl (C=O) groups is 2. The number of carbonyl (C=O) groups excluding carboxylic acids is 2. The molecule has 2 aliphatic carbocycles. The summed E-state index contributed by atoms with van der Waals surface area (Å²) < 4.78 is 17.3. The molecule has 24 heavy (non-hydrogen) atoms. The number of ketones is 1. The average Bonchev–Trinajstić information content (AvgIpc) is 2.82. The molecule has 5 unspecified atom stereocenters. The molecule has 0 bridgehead atoms. The van der Waals surface area contributed by atoms with E-state index in [1.54, 1.807) is 7.11 Å². The van der Waals surface area contributed by atoms with E-state index in [-0.39, 0.29) is 35.8 Å². The van der Waals surface area contributed by atoms with Crippen molar-refractivity contribution in [3.8, 4) is 0 Å². The molecule has 0 aromatic rings. The van der Waals surface area contributed by atoms with Crippen LogP contribution in [0.25, 0.3) is 0 Å². The van der Waals surface area contributed by atoms with Crippen LogP contribution in [0, 0.1) is 29.6 Å². The Balaban J connectivity index is 1.74. The second kappa shape index (κ2) is 7.12. The van der Waals surface area contributed by atoms with E-state index in [1.165, 1.54) is 6.42 Å². The number of rotatable bonds is 4. The summed E-state index contributed by atoms with van der Waals surface area (Å²) in [5.74, 6) is 0.941. The van der Waals surface area contributed by atoms with E-state index in [0.29, 0.717) is 30.6 Å². The number of methoxy groups -OCH3 is 1. The summed E-state index contributed by atoms with van der Waals surface area (Å²) in [7, 11) is 1.55. The minimum atomic E-state index is -0.596. The van der Waals surface area contributed by atoms with Crippen molar-refractivity contribution >= 4 is 11.8 Å². The first-order chi connectivity index (χ1) is 11.4. The predicted octanol–water partition coefficient (Wildman–Crippen LogP) is 2.96. The molecule has 3 aliphatic rings. The van der Waals surface area contributed by atoms with Crippen LogP contribution in [0.4, 0.5) is 0 Å². The van der Waals surface area contributed by atoms with E-state index >= 15 is 0 Å². The zero-order valence-corrected chi connectivity index (χ0v) is 15.2. The van der Waals surface area contributed by atoms with E-state index < -0.39 is 6.29 Å². The highest BCUT2D eigenvalue weighted by atomic mass is 16.7. The number of cyclic esters (lactones) is 1. The van der Waals surface area contributed by atoms with E-state index in [9.17, 15) is 9.59 Å². The van der Waals surface area contributed by atoms with Crippen molar-refractivity contribution in [2.45, 2.75) is 71.4 Å². The molecule has 1 aliphatic heterocycles. The third-order valence-corrected chi connectivity index (χ3v) is 6.18. The highest BCUT2D eigenvalue weighted by Gasteiger charge is 2.54. The van der Waals surface area contributed by atoms with Crippen LogP contribution in [0.5, 0.6) is 0 Å². The summed E-state index contributed by atoms with van der Waals surface area (Å²) >= 11 is 0. The largest absolute Gasteiger partial charge is 0.435 e. The first kappa shape index (κ1) is 17.9. The first-order valence-corrected chi connectivity index (χ1v) is 9.31. The lowest BCUT2D eigenvalue weighted by Crippen LogP contribution is -2.43. The maximum atomic E-state index is 12.3. The zero-order chi connectivity index (χ0) is 17.4. The van der Waals surface area contributed by atoms with E-state index in [4.69, 9.17) is 14.2 Å². The van der Waals surface area contributed by atoms with Crippen LogP contribution in [-0.2, 0) is 23.8 Å². The van der Waals surface area contributed by atoms with Gasteiger partial charge in [0.15, 0.2) is 0 Å². The van der Waals surface area contributed by atoms with Crippen molar-refractivity contribution in [1.29, 1.82) is 0 Å². The third-order valence-electron chi connectivity index (χ3n) is 6.18. The lowest BCUT2D eigenvalue weighted by Gasteiger charge is -2.39. The Kier molecular flexibility index (Phi) is 5.30. The second-order valence-electron chi connectivity index (χ2n) is 8.22. The minimum absolute atomic E-state index is 0.100. The van der Waals surface area contributed by atoms with Crippen LogP contribution in [0.3, 0.4) is 0 Å². The Bertz CT molecular complexity index is 488. The fraction of sp³-hybridized carbons (Fsp3) is 0.895. The van der Waals surface area contributed by atoms with Gasteiger partial charge in [-0.15, -0.1) is 0 Å². The Hall–Kier alpha value is -0.940. The molecule has 0 amide bonds. The molecule has 0 N–H and O–H groups in total. The quantitative estimate of drug-likeness (QED) is 0.738. The normalized spacial score (nSPS) is 43.0. The molecule has 3 fully saturated rings. The van der Waals surface area contributed by atoms with E-state index in [0.717, 1.165) is 12.8 Å². The fourth-order valence-electron chi connectivity index (χ4n) is 4.77. The summed E-state index contributed by atoms with van der Waals surface area (Å²) in [4.78, 5) is 24.4. The van der Waals surface area contributed by atoms with Crippen LogP contribution in [0.1, 0.15) is 52.9 Å². The lowest BCUT2D eigenvalue weighted by atomic mass is 9.75. The number of ether oxygens (including phenoxy) is 3. The highest BCUT2D eigenvalue weighted by molar-refractivity contribution is 5.85. The predicted molar refractivity (Wildman–Crippen MR) is 88.1 cm³/mol. The van der Waals surface area contributed by atoms with Crippen LogP contribution in [-0.4, -0.2) is 37.4 Å². The van der Waals surface area contributed by atoms with Gasteiger partial charge in [0.1, 0.15) is 5.78 Å². The molecular weight excluding hydrogens is 308 g/mol. The minimum Gasteiger partial charge on any atom is -0.435 e. The molecule has 0 spiro atoms. The molecule has 5 heteroatoms. The molecule has 136 valence electrons. The maximum Gasteiger partial charge on any atom is 0.314 e. The number of hydrogen-bond acceptors (Lipinski definition) is 5. The highest BCUT2D eigenvalue weighted by Crippen LogP contribution is 2.43. The molecule has 1 heterocycles. The lowest BCUT2D eigenvalue weighted by molar-refractivity contribution is -0.197. The van der Waals surface area contributed by atoms with Gasteiger partial charge in [0.25, 0.3) is 0 Å². The van der Waals surface area contributed by atoms with Crippen molar-refractivity contribution in [3.05, 3.63) is 0 Å². The van der Waals surface area contributed by atoms with Crippen molar-refractivity contribution in [2.24, 2.45) is 29.6 Å². The van der Waals surface area contributed by atoms with E-state index in [2.05, 4.69) is 20.8 Å². The smallest absolute Gasteiger partial charge is 0.314 e. The summed E-state index contributed by atoms with van der Waals surface area (Å²) in [6, 6.07) is 0. The van der Waals surface area contributed by atoms with Gasteiger partial charge in [-0.1, -0.05) is 27.2 Å². The topological polar surface area (TPSA) is 61.8 Å². The third kappa shape index (κ3) is 3.38. The van der Waals surface area contributed by atoms with Crippen LogP contribution < -0.4 is 0 Å². The summed E-state index contributed by atoms with van der Waals surface area (Å²) in [6.07, 6.45) is 3.16. The number of esters is 1. The summed E-state index contributed by atoms with van der Waals surface area (Å²) in [5.41, 5.74) is 0. The molecular formula is C19H30O5. The molecule has 0 aromatic carbocycles. The van der Waals surface area contributed by atoms with Crippen LogP contribution >= 0.6 is 0 Å². The molecule has 0 aromatic heterocycles. The Morgan fingerprint density at radius 3 is 2.54 bits per heavy atom. The van der Waals surface area contributed by atoms with Gasteiger partial charge in [-0.25, -0.2) is 0 Å². The van der Waals surface area contributed by atoms with Crippen molar-refractivity contribution < 1.29 is 23.8 Å². The van der Waals surface area contributed by atoms with Crippen LogP contribution in [0.15, 0.2) is 0 Å². The summed E-state index contributed by atoms with van der Waals surface area (Å²) in [5, 5.41) is 0. The van der Waals surface area contributed by atoms with Gasteiger partial charge < -0.3 is 14.2 Å². The van der Waals surface area contributed by atoms with Gasteiger partial charge in [0.05, 0.1) is 18.1 Å². The van der Waals surface area contributed by atoms with Gasteiger partial charge in [0, 0.05) is 25.9 Å². The number of fused-ring (bicyclic) bond motifs is 1. The van der Waals surface area contributed by atoms with Gasteiger partial charge in [-0.2, -0.15) is 0 Å². The SMILES string of the molecule is CO[C@H]1CC(=O)CC2C1C(=O)O[C@H]2OC1CC(C)CCC1C(C)C. The Morgan fingerprint density at radius 2 is 1.88 bits per heavy atom. The average molecular weight is 338 g/mol. The van der Waals surface area contributed by atoms with Gasteiger partial charge >= 0.3 is 5.97 Å². The fourth-order valence-corrected chi connectivity index (χ4v) is 4.77. The number of hydrogen-bond donors (Lipinski definition) is 0. The maximum absolute atomic E-state index is 12.3. The molecule has 3 rings (SSSR count). The van der Waals surface area contributed by atoms with Crippen LogP contribution in [0.2, 0.25) is 0 Å². The van der Waals surface area contributed by atoms with E-state index in [1.807, 2.05) is 0 Å². The molecule has 0 radical (unpaired) electrons. The second-order valence-corrected chi connectivity index (χ2v) is 8.22. The first-order valence-electron chi connectivity index (χ1n) is 9.31. The molecule has 1 saturated heterocycles. The monoisotopic (exact) mass is 338 g/mol. The zero-order valence-electron chi connectivity index (χ0n) is 15.2. The van der Waals surface area contributed by atoms with Crippen molar-refractivity contribution in [3.63, 3.8) is 0 Å². The Labute approximate surface area is 144 Å². The standard InChI is InChI=1S/C19H30O5/c1-10(2)13-6-5-11(3)7-15(13)23-19-14-8-12(20)9-16(22-4)17(14)18(21)24-19/h10-11,13-17,19H,5-9H2,1-4H3/t11?,13?,14?,15?,16-,17?,19+/m0/s1. The van der Waals surface area contributed by atoms with Crippen molar-refractivity contribution in [1.82, 2.24) is 0 Å².